The minimum Gasteiger partial charge on any atom is -0.480 e. The van der Waals surface area contributed by atoms with Gasteiger partial charge in [-0.2, -0.15) is 13.2 Å². The van der Waals surface area contributed by atoms with Crippen LogP contribution < -0.4 is 0 Å². The van der Waals surface area contributed by atoms with Gasteiger partial charge in [-0.1, -0.05) is 42.5 Å². The van der Waals surface area contributed by atoms with Crippen LogP contribution in [-0.4, -0.2) is 62.8 Å². The predicted octanol–water partition coefficient (Wildman–Crippen LogP) is 4.60. The van der Waals surface area contributed by atoms with Crippen molar-refractivity contribution in [3.05, 3.63) is 89.2 Å². The molecule has 0 bridgehead atoms. The van der Waals surface area contributed by atoms with Crippen LogP contribution in [0.5, 0.6) is 0 Å². The number of aromatic nitrogens is 1. The summed E-state index contributed by atoms with van der Waals surface area (Å²) in [6.07, 6.45) is -1.32. The summed E-state index contributed by atoms with van der Waals surface area (Å²) in [7, 11) is 0. The van der Waals surface area contributed by atoms with Crippen LogP contribution in [0.4, 0.5) is 13.2 Å². The van der Waals surface area contributed by atoms with Gasteiger partial charge in [0.05, 0.1) is 0 Å². The average Bonchev–Trinajstić information content (AvgIpc) is 2.85. The first-order valence-electron chi connectivity index (χ1n) is 12.0. The molecule has 3 aromatic rings. The lowest BCUT2D eigenvalue weighted by Crippen LogP contribution is -2.55. The van der Waals surface area contributed by atoms with Gasteiger partial charge in [0.1, 0.15) is 6.04 Å². The number of hydrogen-bond acceptors (Lipinski definition) is 5. The van der Waals surface area contributed by atoms with Gasteiger partial charge in [0.25, 0.3) is 0 Å². The number of rotatable bonds is 7. The second-order valence-electron chi connectivity index (χ2n) is 9.71. The number of alkyl halides is 3. The standard InChI is InChI=1S/C28H30F3N3O3/c1-19-15-21(3-8-24(19)22-4-6-23(7-5-22)27(2,37)28(29,30)31)17-34-14-13-33(18-25(34)26(35)36)16-20-9-11-32-12-10-20/h3-12,15,25,37H,13-14,16-18H2,1-2H3,(H,35,36). The number of nitrogens with zero attached hydrogens (tertiary/aromatic N) is 3. The Kier molecular flexibility index (Phi) is 7.68. The maximum atomic E-state index is 13.1. The van der Waals surface area contributed by atoms with Gasteiger partial charge in [0.2, 0.25) is 0 Å². The summed E-state index contributed by atoms with van der Waals surface area (Å²) < 4.78 is 39.4. The van der Waals surface area contributed by atoms with Crippen LogP contribution in [0, 0.1) is 6.92 Å². The fraction of sp³-hybridized carbons (Fsp3) is 0.357. The molecule has 1 fully saturated rings. The van der Waals surface area contributed by atoms with Crippen LogP contribution in [0.25, 0.3) is 11.1 Å². The Balaban J connectivity index is 1.45. The lowest BCUT2D eigenvalue weighted by atomic mass is 9.92. The van der Waals surface area contributed by atoms with Crippen molar-refractivity contribution in [1.29, 1.82) is 0 Å². The summed E-state index contributed by atoms with van der Waals surface area (Å²) in [4.78, 5) is 20.2. The Hall–Kier alpha value is -3.27. The number of piperazine rings is 1. The minimum atomic E-state index is -4.77. The van der Waals surface area contributed by atoms with Crippen molar-refractivity contribution in [2.75, 3.05) is 19.6 Å². The van der Waals surface area contributed by atoms with Crippen molar-refractivity contribution in [2.24, 2.45) is 0 Å². The smallest absolute Gasteiger partial charge is 0.421 e. The largest absolute Gasteiger partial charge is 0.480 e. The lowest BCUT2D eigenvalue weighted by Gasteiger charge is -2.39. The number of benzene rings is 2. The van der Waals surface area contributed by atoms with Crippen molar-refractivity contribution in [1.82, 2.24) is 14.8 Å². The molecule has 0 amide bonds. The molecule has 2 atom stereocenters. The maximum Gasteiger partial charge on any atom is 0.421 e. The van der Waals surface area contributed by atoms with E-state index in [-0.39, 0.29) is 5.56 Å². The summed E-state index contributed by atoms with van der Waals surface area (Å²) in [5, 5.41) is 19.8. The van der Waals surface area contributed by atoms with Gasteiger partial charge >= 0.3 is 12.1 Å². The topological polar surface area (TPSA) is 76.9 Å². The van der Waals surface area contributed by atoms with Crippen LogP contribution in [0.2, 0.25) is 0 Å². The third-order valence-corrected chi connectivity index (χ3v) is 7.00. The highest BCUT2D eigenvalue weighted by Crippen LogP contribution is 2.39. The highest BCUT2D eigenvalue weighted by molar-refractivity contribution is 5.74. The number of aliphatic hydroxyl groups is 1. The second-order valence-corrected chi connectivity index (χ2v) is 9.71. The molecular formula is C28H30F3N3O3. The van der Waals surface area contributed by atoms with Gasteiger partial charge in [0.15, 0.2) is 5.60 Å². The summed E-state index contributed by atoms with van der Waals surface area (Å²) in [5.74, 6) is -0.859. The first-order valence-corrected chi connectivity index (χ1v) is 12.0. The fourth-order valence-corrected chi connectivity index (χ4v) is 4.71. The number of carboxylic acid groups (broad SMARTS) is 1. The van der Waals surface area contributed by atoms with Gasteiger partial charge in [-0.25, -0.2) is 0 Å². The van der Waals surface area contributed by atoms with E-state index >= 15 is 0 Å². The third kappa shape index (κ3) is 6.01. The van der Waals surface area contributed by atoms with Crippen molar-refractivity contribution in [3.63, 3.8) is 0 Å². The molecule has 37 heavy (non-hydrogen) atoms. The number of aliphatic carboxylic acids is 1. The summed E-state index contributed by atoms with van der Waals surface area (Å²) in [5.41, 5.74) is 1.43. The first kappa shape index (κ1) is 26.8. The minimum absolute atomic E-state index is 0.221. The van der Waals surface area contributed by atoms with E-state index < -0.39 is 23.8 Å². The van der Waals surface area contributed by atoms with E-state index in [1.807, 2.05) is 42.2 Å². The summed E-state index contributed by atoms with van der Waals surface area (Å²) in [6, 6.07) is 14.7. The van der Waals surface area contributed by atoms with E-state index in [4.69, 9.17) is 0 Å². The molecule has 0 aliphatic carbocycles. The highest BCUT2D eigenvalue weighted by Gasteiger charge is 2.51. The van der Waals surface area contributed by atoms with Gasteiger partial charge in [-0.05, 0) is 59.4 Å². The highest BCUT2D eigenvalue weighted by atomic mass is 19.4. The average molecular weight is 514 g/mol. The van der Waals surface area contributed by atoms with E-state index in [2.05, 4.69) is 9.88 Å². The Morgan fingerprint density at radius 1 is 1.00 bits per heavy atom. The molecule has 2 aromatic carbocycles. The van der Waals surface area contributed by atoms with Crippen molar-refractivity contribution < 1.29 is 28.2 Å². The van der Waals surface area contributed by atoms with Crippen LogP contribution in [0.3, 0.4) is 0 Å². The Morgan fingerprint density at radius 3 is 2.27 bits per heavy atom. The van der Waals surface area contributed by atoms with Crippen molar-refractivity contribution in [2.45, 2.75) is 44.8 Å². The van der Waals surface area contributed by atoms with Crippen LogP contribution in [-0.2, 0) is 23.5 Å². The van der Waals surface area contributed by atoms with Gasteiger partial charge in [-0.15, -0.1) is 0 Å². The zero-order valence-electron chi connectivity index (χ0n) is 20.7. The SMILES string of the molecule is Cc1cc(CN2CCN(Cc3ccncc3)CC2C(=O)O)ccc1-c1ccc(C(C)(O)C(F)(F)F)cc1. The zero-order chi connectivity index (χ0) is 26.8. The van der Waals surface area contributed by atoms with E-state index in [0.29, 0.717) is 26.2 Å². The summed E-state index contributed by atoms with van der Waals surface area (Å²) >= 11 is 0. The fourth-order valence-electron chi connectivity index (χ4n) is 4.71. The van der Waals surface area contributed by atoms with E-state index in [9.17, 15) is 28.2 Å². The Labute approximate surface area is 214 Å². The molecule has 1 aromatic heterocycles. The zero-order valence-corrected chi connectivity index (χ0v) is 20.7. The van der Waals surface area contributed by atoms with E-state index in [0.717, 1.165) is 41.3 Å². The number of carbonyl (C=O) groups is 1. The molecule has 2 N–H and O–H groups in total. The number of pyridine rings is 1. The van der Waals surface area contributed by atoms with Gasteiger partial charge < -0.3 is 10.2 Å². The maximum absolute atomic E-state index is 13.1. The molecule has 6 nitrogen and oxygen atoms in total. The molecule has 0 spiro atoms. The Morgan fingerprint density at radius 2 is 1.68 bits per heavy atom. The quantitative estimate of drug-likeness (QED) is 0.481. The number of aryl methyl sites for hydroxylation is 1. The normalized spacial score (nSPS) is 18.9. The molecule has 0 saturated carbocycles. The second kappa shape index (κ2) is 10.6. The first-order chi connectivity index (χ1) is 17.5. The van der Waals surface area contributed by atoms with Crippen molar-refractivity contribution in [3.8, 4) is 11.1 Å². The van der Waals surface area contributed by atoms with Crippen LogP contribution >= 0.6 is 0 Å². The van der Waals surface area contributed by atoms with Crippen molar-refractivity contribution >= 4 is 5.97 Å². The lowest BCUT2D eigenvalue weighted by molar-refractivity contribution is -0.258. The van der Waals surface area contributed by atoms with Crippen LogP contribution in [0.15, 0.2) is 67.0 Å². The molecule has 0 radical (unpaired) electrons. The number of hydrogen-bond donors (Lipinski definition) is 2. The number of halogens is 3. The molecule has 9 heteroatoms. The Bertz CT molecular complexity index is 1230. The molecule has 196 valence electrons. The molecule has 2 heterocycles. The number of carboxylic acids is 1. The summed E-state index contributed by atoms with van der Waals surface area (Å²) in [6.45, 7) is 5.59. The molecule has 4 rings (SSSR count). The molecule has 1 aliphatic rings. The monoisotopic (exact) mass is 513 g/mol. The predicted molar refractivity (Wildman–Crippen MR) is 134 cm³/mol. The van der Waals surface area contributed by atoms with Crippen LogP contribution in [0.1, 0.15) is 29.2 Å². The van der Waals surface area contributed by atoms with Gasteiger partial charge in [0, 0.05) is 45.1 Å². The molecule has 2 unspecified atom stereocenters. The van der Waals surface area contributed by atoms with Gasteiger partial charge in [-0.3, -0.25) is 19.6 Å². The van der Waals surface area contributed by atoms with E-state index in [1.165, 1.54) is 12.1 Å². The molecule has 1 saturated heterocycles. The molecule has 1 aliphatic heterocycles. The van der Waals surface area contributed by atoms with E-state index in [1.54, 1.807) is 24.5 Å². The third-order valence-electron chi connectivity index (χ3n) is 7.00. The molecular weight excluding hydrogens is 483 g/mol.